The number of rotatable bonds is 2. The van der Waals surface area contributed by atoms with Crippen molar-refractivity contribution in [1.82, 2.24) is 0 Å². The molecular weight excluding hydrogens is 176 g/mol. The third-order valence-corrected chi connectivity index (χ3v) is 3.27. The van der Waals surface area contributed by atoms with Crippen LogP contribution in [0.3, 0.4) is 0 Å². The second kappa shape index (κ2) is 4.24. The molecule has 0 nitrogen and oxygen atoms in total. The summed E-state index contributed by atoms with van der Waals surface area (Å²) in [4.78, 5) is 1.25. The molecule has 0 amide bonds. The van der Waals surface area contributed by atoms with E-state index in [1.165, 1.54) is 20.2 Å². The normalized spacial score (nSPS) is 13.4. The van der Waals surface area contributed by atoms with Gasteiger partial charge in [0.05, 0.1) is 0 Å². The van der Waals surface area contributed by atoms with Crippen molar-refractivity contribution in [2.75, 3.05) is 0 Å². The van der Waals surface area contributed by atoms with Crippen LogP contribution in [-0.2, 0) is 0 Å². The molecule has 0 saturated carbocycles. The van der Waals surface area contributed by atoms with E-state index in [1.807, 2.05) is 18.2 Å². The molecule has 0 aromatic carbocycles. The number of hydrogen-bond acceptors (Lipinski definition) is 1. The van der Waals surface area contributed by atoms with Gasteiger partial charge in [-0.05, 0) is 30.7 Å². The maximum Gasteiger partial charge on any atom is 0.0348 e. The minimum absolute atomic E-state index is 1.25. The highest BCUT2D eigenvalue weighted by Gasteiger charge is 1.99. The summed E-state index contributed by atoms with van der Waals surface area (Å²) in [5, 5.41) is 1.31. The van der Waals surface area contributed by atoms with E-state index in [0.717, 1.165) is 0 Å². The first-order valence-electron chi connectivity index (χ1n) is 4.25. The van der Waals surface area contributed by atoms with Crippen LogP contribution in [0.15, 0.2) is 19.2 Å². The molecule has 1 heteroatoms. The Morgan fingerprint density at radius 1 is 1.31 bits per heavy atom. The quantitative estimate of drug-likeness (QED) is 0.672. The van der Waals surface area contributed by atoms with Crippen molar-refractivity contribution in [3.8, 4) is 0 Å². The molecule has 0 atom stereocenters. The van der Waals surface area contributed by atoms with E-state index in [0.29, 0.717) is 0 Å². The van der Waals surface area contributed by atoms with Gasteiger partial charge in [-0.15, -0.1) is 11.3 Å². The molecule has 0 bridgehead atoms. The van der Waals surface area contributed by atoms with Crippen LogP contribution in [0.5, 0.6) is 0 Å². The number of allylic oxidation sites excluding steroid dienone is 1. The van der Waals surface area contributed by atoms with Crippen molar-refractivity contribution in [2.45, 2.75) is 13.8 Å². The minimum atomic E-state index is 1.25. The van der Waals surface area contributed by atoms with Crippen LogP contribution in [0.25, 0.3) is 18.2 Å². The van der Waals surface area contributed by atoms with E-state index in [4.69, 9.17) is 0 Å². The molecule has 13 heavy (non-hydrogen) atoms. The van der Waals surface area contributed by atoms with Gasteiger partial charge < -0.3 is 0 Å². The van der Waals surface area contributed by atoms with E-state index in [2.05, 4.69) is 33.1 Å². The Morgan fingerprint density at radius 3 is 2.46 bits per heavy atom. The zero-order valence-corrected chi connectivity index (χ0v) is 8.95. The lowest BCUT2D eigenvalue weighted by atomic mass is 10.2. The predicted octanol–water partition coefficient (Wildman–Crippen LogP) is 2.47. The highest BCUT2D eigenvalue weighted by Crippen LogP contribution is 2.07. The fourth-order valence-electron chi connectivity index (χ4n) is 1.35. The smallest absolute Gasteiger partial charge is 0.0348 e. The summed E-state index contributed by atoms with van der Waals surface area (Å²) in [7, 11) is 0. The van der Waals surface area contributed by atoms with Crippen molar-refractivity contribution in [2.24, 2.45) is 0 Å². The summed E-state index contributed by atoms with van der Waals surface area (Å²) in [6.07, 6.45) is 7.91. The second-order valence-electron chi connectivity index (χ2n) is 2.76. The Kier molecular flexibility index (Phi) is 3.26. The Hall–Kier alpha value is -1.08. The van der Waals surface area contributed by atoms with Crippen molar-refractivity contribution >= 4 is 29.6 Å². The van der Waals surface area contributed by atoms with Crippen LogP contribution in [0.4, 0.5) is 0 Å². The molecule has 0 aliphatic carbocycles. The number of thiophene rings is 1. The van der Waals surface area contributed by atoms with E-state index >= 15 is 0 Å². The summed E-state index contributed by atoms with van der Waals surface area (Å²) in [6.45, 7) is 11.7. The Morgan fingerprint density at radius 2 is 2.00 bits per heavy atom. The SMILES string of the molecule is C=C/C=c1/sc(C=C)c(C)/c1=C/C. The molecule has 1 heterocycles. The standard InChI is InChI=1S/C12H14S/c1-5-8-12-10(6-2)9(4)11(7-3)13-12/h5-8H,1,3H2,2,4H3/b10-6-,12-8+. The first-order chi connectivity index (χ1) is 6.24. The van der Waals surface area contributed by atoms with E-state index < -0.39 is 0 Å². The molecule has 0 fully saturated rings. The van der Waals surface area contributed by atoms with Gasteiger partial charge in [0, 0.05) is 9.41 Å². The van der Waals surface area contributed by atoms with Crippen LogP contribution < -0.4 is 9.75 Å². The maximum absolute atomic E-state index is 3.80. The van der Waals surface area contributed by atoms with Gasteiger partial charge in [0.1, 0.15) is 0 Å². The van der Waals surface area contributed by atoms with Crippen LogP contribution in [0.2, 0.25) is 0 Å². The molecule has 0 aliphatic heterocycles. The minimum Gasteiger partial charge on any atom is -0.136 e. The summed E-state index contributed by atoms with van der Waals surface area (Å²) >= 11 is 1.76. The fourth-order valence-corrected chi connectivity index (χ4v) is 2.48. The van der Waals surface area contributed by atoms with Crippen molar-refractivity contribution in [1.29, 1.82) is 0 Å². The highest BCUT2D eigenvalue weighted by molar-refractivity contribution is 7.11. The lowest BCUT2D eigenvalue weighted by Crippen LogP contribution is -2.19. The topological polar surface area (TPSA) is 0 Å². The van der Waals surface area contributed by atoms with Crippen molar-refractivity contribution in [3.05, 3.63) is 39.4 Å². The van der Waals surface area contributed by atoms with E-state index in [9.17, 15) is 0 Å². The third-order valence-electron chi connectivity index (χ3n) is 2.00. The van der Waals surface area contributed by atoms with Crippen molar-refractivity contribution < 1.29 is 0 Å². The molecule has 0 radical (unpaired) electrons. The molecule has 0 unspecified atom stereocenters. The number of hydrogen-bond donors (Lipinski definition) is 0. The summed E-state index contributed by atoms with van der Waals surface area (Å²) in [5.74, 6) is 0. The summed E-state index contributed by atoms with van der Waals surface area (Å²) in [6, 6.07) is 0. The largest absolute Gasteiger partial charge is 0.136 e. The lowest BCUT2D eigenvalue weighted by Gasteiger charge is -1.85. The van der Waals surface area contributed by atoms with Gasteiger partial charge >= 0.3 is 0 Å². The molecule has 1 aromatic heterocycles. The molecular formula is C12H14S. The van der Waals surface area contributed by atoms with Crippen LogP contribution in [0.1, 0.15) is 17.4 Å². The first-order valence-corrected chi connectivity index (χ1v) is 5.07. The second-order valence-corrected chi connectivity index (χ2v) is 3.85. The molecule has 0 N–H and O–H groups in total. The van der Waals surface area contributed by atoms with Gasteiger partial charge in [-0.25, -0.2) is 0 Å². The monoisotopic (exact) mass is 190 g/mol. The molecule has 68 valence electrons. The lowest BCUT2D eigenvalue weighted by molar-refractivity contribution is 1.45. The van der Waals surface area contributed by atoms with E-state index in [1.54, 1.807) is 11.3 Å². The molecule has 0 spiro atoms. The van der Waals surface area contributed by atoms with Crippen LogP contribution in [0, 0.1) is 6.92 Å². The highest BCUT2D eigenvalue weighted by atomic mass is 32.1. The average Bonchev–Trinajstić information content (AvgIpc) is 2.43. The molecule has 0 saturated heterocycles. The average molecular weight is 190 g/mol. The summed E-state index contributed by atoms with van der Waals surface area (Å²) in [5.41, 5.74) is 1.32. The van der Waals surface area contributed by atoms with Gasteiger partial charge in [-0.1, -0.05) is 31.4 Å². The molecule has 0 aliphatic rings. The zero-order valence-electron chi connectivity index (χ0n) is 8.13. The van der Waals surface area contributed by atoms with Crippen LogP contribution in [-0.4, -0.2) is 0 Å². The van der Waals surface area contributed by atoms with Gasteiger partial charge in [0.15, 0.2) is 0 Å². The zero-order chi connectivity index (χ0) is 9.84. The Balaban J connectivity index is 3.65. The van der Waals surface area contributed by atoms with Crippen LogP contribution >= 0.6 is 11.3 Å². The maximum atomic E-state index is 3.80. The van der Waals surface area contributed by atoms with Gasteiger partial charge in [-0.3, -0.25) is 0 Å². The molecule has 1 rings (SSSR count). The summed E-state index contributed by atoms with van der Waals surface area (Å²) < 4.78 is 1.27. The first kappa shape index (κ1) is 10.0. The Labute approximate surface area is 83.2 Å². The van der Waals surface area contributed by atoms with E-state index in [-0.39, 0.29) is 0 Å². The van der Waals surface area contributed by atoms with Gasteiger partial charge in [0.25, 0.3) is 0 Å². The molecule has 1 aromatic rings. The third kappa shape index (κ3) is 1.81. The van der Waals surface area contributed by atoms with Gasteiger partial charge in [-0.2, -0.15) is 0 Å². The predicted molar refractivity (Wildman–Crippen MR) is 63.2 cm³/mol. The Bertz CT molecular complexity index is 432. The van der Waals surface area contributed by atoms with Crippen molar-refractivity contribution in [3.63, 3.8) is 0 Å². The fraction of sp³-hybridized carbons (Fsp3) is 0.167. The van der Waals surface area contributed by atoms with Gasteiger partial charge in [0.2, 0.25) is 0 Å².